The van der Waals surface area contributed by atoms with Gasteiger partial charge in [-0.05, 0) is 38.3 Å². The Morgan fingerprint density at radius 2 is 2.04 bits per heavy atom. The van der Waals surface area contributed by atoms with Crippen molar-refractivity contribution in [3.63, 3.8) is 0 Å². The lowest BCUT2D eigenvalue weighted by Gasteiger charge is -2.22. The summed E-state index contributed by atoms with van der Waals surface area (Å²) in [5.41, 5.74) is 1.04. The number of halogens is 1. The molecule has 0 amide bonds. The summed E-state index contributed by atoms with van der Waals surface area (Å²) < 4.78 is 1.97. The van der Waals surface area contributed by atoms with Crippen LogP contribution in [0.25, 0.3) is 5.69 Å². The maximum absolute atomic E-state index is 4.75. The number of benzene rings is 1. The van der Waals surface area contributed by atoms with Gasteiger partial charge in [-0.3, -0.25) is 4.57 Å². The Balaban J connectivity index is 0.00000364. The summed E-state index contributed by atoms with van der Waals surface area (Å²) in [7, 11) is 2.08. The minimum atomic E-state index is 0. The molecule has 0 aliphatic rings. The van der Waals surface area contributed by atoms with E-state index in [1.807, 2.05) is 41.0 Å². The molecule has 0 saturated heterocycles. The summed E-state index contributed by atoms with van der Waals surface area (Å²) in [5.74, 6) is 1.73. The quantitative estimate of drug-likeness (QED) is 0.183. The van der Waals surface area contributed by atoms with Crippen LogP contribution in [0.1, 0.15) is 38.4 Å². The number of nitrogens with one attached hydrogen (secondary N) is 1. The third kappa shape index (κ3) is 7.70. The Hall–Kier alpha value is -1.90. The molecule has 0 atom stereocenters. The normalized spacial score (nSPS) is 11.0. The SMILES string of the molecule is C=CCCCCCN(C)C(=NCc1nncn1-c1ccccc1)NCC.I. The number of hydrogen-bond acceptors (Lipinski definition) is 3. The van der Waals surface area contributed by atoms with Gasteiger partial charge in [0, 0.05) is 25.8 Å². The molecule has 0 aliphatic heterocycles. The van der Waals surface area contributed by atoms with Crippen molar-refractivity contribution >= 4 is 29.9 Å². The van der Waals surface area contributed by atoms with Crippen LogP contribution < -0.4 is 5.32 Å². The van der Waals surface area contributed by atoms with Crippen LogP contribution in [0, 0.1) is 0 Å². The van der Waals surface area contributed by atoms with Crippen molar-refractivity contribution in [3.05, 3.63) is 55.1 Å². The third-order valence-corrected chi connectivity index (χ3v) is 4.12. The van der Waals surface area contributed by atoms with Crippen molar-refractivity contribution < 1.29 is 0 Å². The van der Waals surface area contributed by atoms with Crippen molar-refractivity contribution in [2.24, 2.45) is 4.99 Å². The van der Waals surface area contributed by atoms with Crippen molar-refractivity contribution in [2.45, 2.75) is 39.2 Å². The van der Waals surface area contributed by atoms with Gasteiger partial charge in [0.25, 0.3) is 0 Å². The van der Waals surface area contributed by atoms with Gasteiger partial charge in [0.2, 0.25) is 0 Å². The Kier molecular flexibility index (Phi) is 11.4. The number of nitrogens with zero attached hydrogens (tertiary/aromatic N) is 5. The minimum Gasteiger partial charge on any atom is -0.357 e. The van der Waals surface area contributed by atoms with Crippen LogP contribution in [-0.4, -0.2) is 45.8 Å². The molecule has 1 heterocycles. The molecule has 1 aromatic carbocycles. The van der Waals surface area contributed by atoms with Gasteiger partial charge in [0.05, 0.1) is 0 Å². The molecular formula is C20H31IN6. The van der Waals surface area contributed by atoms with Crippen molar-refractivity contribution in [1.82, 2.24) is 25.0 Å². The average molecular weight is 482 g/mol. The fourth-order valence-electron chi connectivity index (χ4n) is 2.71. The van der Waals surface area contributed by atoms with Gasteiger partial charge < -0.3 is 10.2 Å². The van der Waals surface area contributed by atoms with Gasteiger partial charge >= 0.3 is 0 Å². The highest BCUT2D eigenvalue weighted by Gasteiger charge is 2.09. The van der Waals surface area contributed by atoms with Gasteiger partial charge in [-0.25, -0.2) is 4.99 Å². The van der Waals surface area contributed by atoms with E-state index in [4.69, 9.17) is 4.99 Å². The molecule has 0 aliphatic carbocycles. The van der Waals surface area contributed by atoms with E-state index >= 15 is 0 Å². The number of rotatable bonds is 10. The summed E-state index contributed by atoms with van der Waals surface area (Å²) in [6.45, 7) is 8.16. The minimum absolute atomic E-state index is 0. The molecule has 1 aromatic heterocycles. The Morgan fingerprint density at radius 3 is 2.74 bits per heavy atom. The topological polar surface area (TPSA) is 58.3 Å². The van der Waals surface area contributed by atoms with Crippen molar-refractivity contribution in [1.29, 1.82) is 0 Å². The number of hydrogen-bond donors (Lipinski definition) is 1. The lowest BCUT2D eigenvalue weighted by molar-refractivity contribution is 0.455. The summed E-state index contributed by atoms with van der Waals surface area (Å²) in [6.07, 6.45) is 8.36. The zero-order chi connectivity index (χ0) is 18.6. The smallest absolute Gasteiger partial charge is 0.194 e. The van der Waals surface area contributed by atoms with Crippen LogP contribution in [0.5, 0.6) is 0 Å². The zero-order valence-electron chi connectivity index (χ0n) is 16.3. The second-order valence-electron chi connectivity index (χ2n) is 6.18. The molecule has 6 nitrogen and oxygen atoms in total. The predicted molar refractivity (Wildman–Crippen MR) is 123 cm³/mol. The number of aliphatic imine (C=N–C) groups is 1. The van der Waals surface area contributed by atoms with Crippen LogP contribution in [0.2, 0.25) is 0 Å². The summed E-state index contributed by atoms with van der Waals surface area (Å²) in [4.78, 5) is 6.93. The molecule has 1 N–H and O–H groups in total. The van der Waals surface area contributed by atoms with E-state index in [9.17, 15) is 0 Å². The molecular weight excluding hydrogens is 451 g/mol. The number of para-hydroxylation sites is 1. The molecule has 2 aromatic rings. The molecule has 27 heavy (non-hydrogen) atoms. The van der Waals surface area contributed by atoms with Gasteiger partial charge in [-0.15, -0.1) is 40.8 Å². The summed E-state index contributed by atoms with van der Waals surface area (Å²) in [5, 5.41) is 11.6. The van der Waals surface area contributed by atoms with E-state index in [1.54, 1.807) is 6.33 Å². The maximum Gasteiger partial charge on any atom is 0.194 e. The predicted octanol–water partition coefficient (Wildman–Crippen LogP) is 4.03. The lowest BCUT2D eigenvalue weighted by atomic mass is 10.2. The van der Waals surface area contributed by atoms with E-state index in [0.717, 1.165) is 43.4 Å². The van der Waals surface area contributed by atoms with Crippen molar-refractivity contribution in [3.8, 4) is 5.69 Å². The van der Waals surface area contributed by atoms with Gasteiger partial charge in [-0.1, -0.05) is 30.7 Å². The first kappa shape index (κ1) is 23.1. The van der Waals surface area contributed by atoms with Gasteiger partial charge in [0.1, 0.15) is 12.9 Å². The molecule has 0 bridgehead atoms. The molecule has 0 fully saturated rings. The van der Waals surface area contributed by atoms with E-state index < -0.39 is 0 Å². The summed E-state index contributed by atoms with van der Waals surface area (Å²) >= 11 is 0. The summed E-state index contributed by atoms with van der Waals surface area (Å²) in [6, 6.07) is 10.1. The molecule has 0 radical (unpaired) electrons. The van der Waals surface area contributed by atoms with E-state index in [2.05, 4.69) is 41.0 Å². The molecule has 0 spiro atoms. The maximum atomic E-state index is 4.75. The number of aromatic nitrogens is 3. The molecule has 0 saturated carbocycles. The Bertz CT molecular complexity index is 683. The van der Waals surface area contributed by atoms with E-state index in [-0.39, 0.29) is 24.0 Å². The second-order valence-corrected chi connectivity index (χ2v) is 6.18. The van der Waals surface area contributed by atoms with E-state index in [0.29, 0.717) is 6.54 Å². The largest absolute Gasteiger partial charge is 0.357 e. The fraction of sp³-hybridized carbons (Fsp3) is 0.450. The lowest BCUT2D eigenvalue weighted by Crippen LogP contribution is -2.39. The molecule has 7 heteroatoms. The second kappa shape index (κ2) is 13.3. The molecule has 0 unspecified atom stereocenters. The van der Waals surface area contributed by atoms with Crippen LogP contribution >= 0.6 is 24.0 Å². The molecule has 2 rings (SSSR count). The Morgan fingerprint density at radius 1 is 1.26 bits per heavy atom. The first-order valence-electron chi connectivity index (χ1n) is 9.31. The van der Waals surface area contributed by atoms with Crippen molar-refractivity contribution in [2.75, 3.05) is 20.1 Å². The van der Waals surface area contributed by atoms with Gasteiger partial charge in [-0.2, -0.15) is 0 Å². The highest BCUT2D eigenvalue weighted by molar-refractivity contribution is 14.0. The van der Waals surface area contributed by atoms with Crippen LogP contribution in [0.3, 0.4) is 0 Å². The standard InChI is InChI=1S/C20H30N6.HI/c1-4-6-7-8-12-15-25(3)20(21-5-2)22-16-19-24-23-17-26(19)18-13-10-9-11-14-18;/h4,9-11,13-14,17H,1,5-8,12,15-16H2,2-3H3,(H,21,22);1H. The van der Waals surface area contributed by atoms with E-state index in [1.165, 1.54) is 12.8 Å². The first-order valence-corrected chi connectivity index (χ1v) is 9.31. The highest BCUT2D eigenvalue weighted by Crippen LogP contribution is 2.10. The van der Waals surface area contributed by atoms with Gasteiger partial charge in [0.15, 0.2) is 11.8 Å². The fourth-order valence-corrected chi connectivity index (χ4v) is 2.71. The average Bonchev–Trinajstić information content (AvgIpc) is 3.14. The number of unbranched alkanes of at least 4 members (excludes halogenated alkanes) is 3. The number of allylic oxidation sites excluding steroid dienone is 1. The highest BCUT2D eigenvalue weighted by atomic mass is 127. The monoisotopic (exact) mass is 482 g/mol. The van der Waals surface area contributed by atoms with Crippen LogP contribution in [-0.2, 0) is 6.54 Å². The van der Waals surface area contributed by atoms with Crippen LogP contribution in [0.15, 0.2) is 54.3 Å². The third-order valence-electron chi connectivity index (χ3n) is 4.12. The number of guanidine groups is 1. The molecule has 148 valence electrons. The van der Waals surface area contributed by atoms with Crippen LogP contribution in [0.4, 0.5) is 0 Å². The Labute approximate surface area is 179 Å². The zero-order valence-corrected chi connectivity index (χ0v) is 18.7. The first-order chi connectivity index (χ1) is 12.8.